The molecule has 0 saturated heterocycles. The molecule has 0 saturated carbocycles. The molecule has 0 radical (unpaired) electrons. The smallest absolute Gasteiger partial charge is 0.396 e. The summed E-state index contributed by atoms with van der Waals surface area (Å²) < 4.78 is 228. The van der Waals surface area contributed by atoms with Gasteiger partial charge in [0.05, 0.1) is 19.8 Å². The summed E-state index contributed by atoms with van der Waals surface area (Å²) in [5.74, 6) is -56.4. The molecule has 0 unspecified atom stereocenters. The van der Waals surface area contributed by atoms with Crippen LogP contribution in [-0.2, 0) is 4.74 Å². The van der Waals surface area contributed by atoms with Gasteiger partial charge in [0.1, 0.15) is 0 Å². The molecular formula is C16H17F17O3. The van der Waals surface area contributed by atoms with Gasteiger partial charge in [-0.25, -0.2) is 0 Å². The number of halogens is 17. The standard InChI is InChI=1S/C16H17F17O3/c1-8(5-34,6-35)7-36-4-2-3-9(17,18)10(19,20)11(21,22)12(23,24)13(25,26)14(27,28)15(29,30)16(31,32)33/h34-35H,2-7H2,1H3. The van der Waals surface area contributed by atoms with Crippen LogP contribution < -0.4 is 0 Å². The molecule has 0 atom stereocenters. The Balaban J connectivity index is 6.00. The molecule has 0 aliphatic rings. The van der Waals surface area contributed by atoms with Crippen LogP contribution in [0.15, 0.2) is 0 Å². The average molecular weight is 580 g/mol. The number of aliphatic hydroxyl groups is 2. The third-order valence-corrected chi connectivity index (χ3v) is 4.78. The minimum absolute atomic E-state index is 0.662. The summed E-state index contributed by atoms with van der Waals surface area (Å²) in [6.45, 7) is -2.15. The highest BCUT2D eigenvalue weighted by Gasteiger charge is 2.95. The van der Waals surface area contributed by atoms with Crippen LogP contribution in [0.25, 0.3) is 0 Å². The van der Waals surface area contributed by atoms with Crippen LogP contribution in [0, 0.1) is 5.41 Å². The fourth-order valence-corrected chi connectivity index (χ4v) is 2.21. The lowest BCUT2D eigenvalue weighted by Gasteiger charge is -2.42. The molecule has 0 aromatic rings. The second-order valence-electron chi connectivity index (χ2n) is 7.93. The number of hydrogen-bond acceptors (Lipinski definition) is 3. The Morgan fingerprint density at radius 3 is 1.19 bits per heavy atom. The van der Waals surface area contributed by atoms with E-state index in [1.54, 1.807) is 0 Å². The van der Waals surface area contributed by atoms with Crippen molar-refractivity contribution in [2.24, 2.45) is 5.41 Å². The van der Waals surface area contributed by atoms with E-state index in [0.29, 0.717) is 0 Å². The number of alkyl halides is 17. The van der Waals surface area contributed by atoms with Crippen molar-refractivity contribution in [2.75, 3.05) is 26.4 Å². The zero-order chi connectivity index (χ0) is 29.4. The van der Waals surface area contributed by atoms with E-state index in [9.17, 15) is 74.6 Å². The second kappa shape index (κ2) is 10.1. The Bertz CT molecular complexity index is 728. The van der Waals surface area contributed by atoms with Gasteiger partial charge in [-0.05, 0) is 6.42 Å². The summed E-state index contributed by atoms with van der Waals surface area (Å²) in [5.41, 5.74) is -1.42. The highest BCUT2D eigenvalue weighted by molar-refractivity contribution is 5.15. The Hall–Kier alpha value is -1.31. The van der Waals surface area contributed by atoms with E-state index in [1.165, 1.54) is 0 Å². The molecule has 0 aliphatic carbocycles. The number of hydrogen-bond donors (Lipinski definition) is 2. The van der Waals surface area contributed by atoms with Crippen LogP contribution in [0.5, 0.6) is 0 Å². The van der Waals surface area contributed by atoms with Crippen LogP contribution >= 0.6 is 0 Å². The highest BCUT2D eigenvalue weighted by Crippen LogP contribution is 2.64. The second-order valence-corrected chi connectivity index (χ2v) is 7.93. The lowest BCUT2D eigenvalue weighted by atomic mass is 9.88. The summed E-state index contributed by atoms with van der Waals surface area (Å²) in [5, 5.41) is 17.8. The molecule has 2 N–H and O–H groups in total. The summed E-state index contributed by atoms with van der Waals surface area (Å²) in [6.07, 6.45) is -11.8. The van der Waals surface area contributed by atoms with Gasteiger partial charge in [-0.2, -0.15) is 74.6 Å². The molecule has 218 valence electrons. The van der Waals surface area contributed by atoms with Gasteiger partial charge >= 0.3 is 47.6 Å². The van der Waals surface area contributed by atoms with Crippen LogP contribution in [0.3, 0.4) is 0 Å². The van der Waals surface area contributed by atoms with Gasteiger partial charge in [-0.15, -0.1) is 0 Å². The van der Waals surface area contributed by atoms with Crippen LogP contribution in [-0.4, -0.2) is 84.3 Å². The summed E-state index contributed by atoms with van der Waals surface area (Å²) in [7, 11) is 0. The maximum atomic E-state index is 13.7. The maximum absolute atomic E-state index is 13.7. The van der Waals surface area contributed by atoms with Gasteiger partial charge < -0.3 is 14.9 Å². The first-order valence-electron chi connectivity index (χ1n) is 9.09. The fourth-order valence-electron chi connectivity index (χ4n) is 2.21. The Labute approximate surface area is 190 Å². The third kappa shape index (κ3) is 5.44. The van der Waals surface area contributed by atoms with Gasteiger partial charge in [-0.3, -0.25) is 0 Å². The van der Waals surface area contributed by atoms with Gasteiger partial charge in [0.2, 0.25) is 0 Å². The molecule has 20 heteroatoms. The van der Waals surface area contributed by atoms with Gasteiger partial charge in [0.25, 0.3) is 0 Å². The molecule has 0 heterocycles. The largest absolute Gasteiger partial charge is 0.460 e. The topological polar surface area (TPSA) is 49.7 Å². The lowest BCUT2D eigenvalue weighted by molar-refractivity contribution is -0.461. The van der Waals surface area contributed by atoms with Crippen molar-refractivity contribution in [2.45, 2.75) is 67.4 Å². The number of aliphatic hydroxyl groups excluding tert-OH is 2. The number of rotatable bonds is 14. The Morgan fingerprint density at radius 2 is 0.861 bits per heavy atom. The van der Waals surface area contributed by atoms with Crippen LogP contribution in [0.4, 0.5) is 74.6 Å². The normalized spacial score (nSPS) is 16.0. The predicted octanol–water partition coefficient (Wildman–Crippen LogP) is 5.78. The van der Waals surface area contributed by atoms with Crippen molar-refractivity contribution < 1.29 is 89.6 Å². The molecule has 0 aliphatic heterocycles. The molecule has 3 nitrogen and oxygen atoms in total. The van der Waals surface area contributed by atoms with E-state index >= 15 is 0 Å². The van der Waals surface area contributed by atoms with Crippen LogP contribution in [0.1, 0.15) is 19.8 Å². The van der Waals surface area contributed by atoms with E-state index in [0.717, 1.165) is 6.92 Å². The van der Waals surface area contributed by atoms with E-state index in [-0.39, 0.29) is 0 Å². The van der Waals surface area contributed by atoms with Gasteiger partial charge in [-0.1, -0.05) is 6.92 Å². The SMILES string of the molecule is CC(CO)(CO)COCCCC(F)(F)C(F)(F)C(F)(F)C(F)(F)C(F)(F)C(F)(F)C(F)(F)C(F)(F)F. The zero-order valence-corrected chi connectivity index (χ0v) is 17.5. The van der Waals surface area contributed by atoms with Crippen molar-refractivity contribution in [3.8, 4) is 0 Å². The van der Waals surface area contributed by atoms with Crippen molar-refractivity contribution >= 4 is 0 Å². The summed E-state index contributed by atoms with van der Waals surface area (Å²) >= 11 is 0. The number of ether oxygens (including phenoxy) is 1. The van der Waals surface area contributed by atoms with Crippen LogP contribution in [0.2, 0.25) is 0 Å². The van der Waals surface area contributed by atoms with E-state index in [4.69, 9.17) is 10.2 Å². The highest BCUT2D eigenvalue weighted by atomic mass is 19.4. The summed E-state index contributed by atoms with van der Waals surface area (Å²) in [6, 6.07) is 0. The fraction of sp³-hybridized carbons (Fsp3) is 1.00. The zero-order valence-electron chi connectivity index (χ0n) is 17.5. The minimum Gasteiger partial charge on any atom is -0.396 e. The third-order valence-electron chi connectivity index (χ3n) is 4.78. The molecule has 0 rings (SSSR count). The predicted molar refractivity (Wildman–Crippen MR) is 83.0 cm³/mol. The van der Waals surface area contributed by atoms with Gasteiger partial charge in [0.15, 0.2) is 0 Å². The van der Waals surface area contributed by atoms with E-state index in [1.807, 2.05) is 0 Å². The molecule has 0 fully saturated rings. The minimum atomic E-state index is -8.65. The summed E-state index contributed by atoms with van der Waals surface area (Å²) in [4.78, 5) is 0. The van der Waals surface area contributed by atoms with Crippen molar-refractivity contribution in [1.29, 1.82) is 0 Å². The maximum Gasteiger partial charge on any atom is 0.460 e. The van der Waals surface area contributed by atoms with E-state index < -0.39 is 92.3 Å². The first-order chi connectivity index (χ1) is 15.6. The first-order valence-corrected chi connectivity index (χ1v) is 9.09. The van der Waals surface area contributed by atoms with E-state index in [2.05, 4.69) is 4.74 Å². The lowest BCUT2D eigenvalue weighted by Crippen LogP contribution is -2.74. The average Bonchev–Trinajstić information content (AvgIpc) is 2.71. The molecule has 0 aromatic heterocycles. The molecule has 0 bridgehead atoms. The molecule has 36 heavy (non-hydrogen) atoms. The van der Waals surface area contributed by atoms with Crippen molar-refractivity contribution in [1.82, 2.24) is 0 Å². The first kappa shape index (κ1) is 34.7. The molecule has 0 amide bonds. The Morgan fingerprint density at radius 1 is 0.528 bits per heavy atom. The van der Waals surface area contributed by atoms with Crippen molar-refractivity contribution in [3.63, 3.8) is 0 Å². The Kier molecular flexibility index (Phi) is 9.74. The van der Waals surface area contributed by atoms with Gasteiger partial charge in [0, 0.05) is 18.4 Å². The molecule has 0 spiro atoms. The molecule has 0 aromatic carbocycles. The molecular weight excluding hydrogens is 563 g/mol. The van der Waals surface area contributed by atoms with Crippen molar-refractivity contribution in [3.05, 3.63) is 0 Å². The monoisotopic (exact) mass is 580 g/mol. The quantitative estimate of drug-likeness (QED) is 0.202.